The van der Waals surface area contributed by atoms with E-state index in [4.69, 9.17) is 30.6 Å². The number of aryl methyl sites for hydroxylation is 1. The third-order valence-electron chi connectivity index (χ3n) is 15.1. The lowest BCUT2D eigenvalue weighted by atomic mass is 10.2. The Balaban J connectivity index is 0.000000128. The van der Waals surface area contributed by atoms with Crippen LogP contribution in [0.5, 0.6) is 0 Å². The third-order valence-corrected chi connectivity index (χ3v) is 19.3. The number of aromatic nitrogens is 6. The SMILES string of the molecule is CCCNC1=NC=CC(CC#N)N1c1nc2ccccc2s1.N#CCC1C=CN=C(N2CCCC2)N1c1nc2ccccc2s1.N#CCC1C=CN=C(NCCCn2ccnc2)N1c1nc2ccccc2s1.N#CCC1C=CN=C(NCCO)N1c1nc2ccccc2s1. The number of nitriles is 4. The third kappa shape index (κ3) is 15.9. The summed E-state index contributed by atoms with van der Waals surface area (Å²) in [5.74, 6) is 3.05. The van der Waals surface area contributed by atoms with Crippen LogP contribution in [0.1, 0.15) is 58.3 Å². The quantitative estimate of drug-likeness (QED) is 0.0654. The normalized spacial score (nSPS) is 17.9. The second-order valence-electron chi connectivity index (χ2n) is 21.6. The number of aliphatic hydroxyl groups excluding tert-OH is 1. The number of anilines is 4. The lowest BCUT2D eigenvalue weighted by molar-refractivity contribution is 0.300. The van der Waals surface area contributed by atoms with E-state index in [1.54, 1.807) is 70.1 Å². The molecule has 0 aliphatic carbocycles. The molecule has 4 N–H and O–H groups in total. The minimum atomic E-state index is -0.121. The molecule has 5 aliphatic heterocycles. The van der Waals surface area contributed by atoms with Crippen molar-refractivity contribution in [1.29, 1.82) is 21.0 Å². The number of nitrogens with zero attached hydrogens (tertiary/aromatic N) is 19. The van der Waals surface area contributed by atoms with Gasteiger partial charge < -0.3 is 30.5 Å². The van der Waals surface area contributed by atoms with Crippen LogP contribution >= 0.6 is 45.3 Å². The Kier molecular flexibility index (Phi) is 22.7. The van der Waals surface area contributed by atoms with Crippen molar-refractivity contribution >= 4 is 131 Å². The van der Waals surface area contributed by atoms with Crippen LogP contribution in [-0.4, -0.2) is 127 Å². The second kappa shape index (κ2) is 32.8. The van der Waals surface area contributed by atoms with E-state index in [1.165, 1.54) is 12.8 Å². The fourth-order valence-corrected chi connectivity index (χ4v) is 14.8. The smallest absolute Gasteiger partial charge is 0.208 e. The number of hydrogen-bond donors (Lipinski definition) is 4. The van der Waals surface area contributed by atoms with Crippen LogP contribution < -0.4 is 35.6 Å². The first kappa shape index (κ1) is 65.1. The molecule has 9 aromatic rings. The van der Waals surface area contributed by atoms with Crippen molar-refractivity contribution < 1.29 is 5.11 Å². The van der Waals surface area contributed by atoms with Crippen molar-refractivity contribution in [1.82, 2.24) is 50.3 Å². The van der Waals surface area contributed by atoms with Gasteiger partial charge in [0, 0.05) is 76.5 Å². The number of aliphatic hydroxyl groups is 1. The number of likely N-dealkylation sites (tertiary alicyclic amines) is 1. The Morgan fingerprint density at radius 2 is 0.862 bits per heavy atom. The molecule has 4 unspecified atom stereocenters. The molecule has 10 heterocycles. The van der Waals surface area contributed by atoms with Crippen molar-refractivity contribution in [2.75, 3.05) is 58.9 Å². The summed E-state index contributed by atoms with van der Waals surface area (Å²) in [6.07, 6.45) is 26.3. The van der Waals surface area contributed by atoms with E-state index in [2.05, 4.69) is 105 Å². The molecule has 23 nitrogen and oxygen atoms in total. The van der Waals surface area contributed by atoms with Crippen molar-refractivity contribution in [3.8, 4) is 24.3 Å². The van der Waals surface area contributed by atoms with Crippen LogP contribution in [0.3, 0.4) is 0 Å². The molecular formula is C67H68N22OS4. The van der Waals surface area contributed by atoms with Gasteiger partial charge >= 0.3 is 0 Å². The molecule has 4 aromatic carbocycles. The summed E-state index contributed by atoms with van der Waals surface area (Å²) in [6, 6.07) is 40.9. The number of benzene rings is 4. The van der Waals surface area contributed by atoms with Crippen molar-refractivity contribution in [2.45, 2.75) is 89.0 Å². The summed E-state index contributed by atoms with van der Waals surface area (Å²) in [4.78, 5) is 51.3. The zero-order valence-corrected chi connectivity index (χ0v) is 54.8. The molecule has 0 spiro atoms. The summed E-state index contributed by atoms with van der Waals surface area (Å²) in [5, 5.41) is 58.9. The number of para-hydroxylation sites is 4. The van der Waals surface area contributed by atoms with E-state index in [0.717, 1.165) is 125 Å². The van der Waals surface area contributed by atoms with Crippen molar-refractivity contribution in [2.24, 2.45) is 20.0 Å². The highest BCUT2D eigenvalue weighted by atomic mass is 32.1. The van der Waals surface area contributed by atoms with E-state index >= 15 is 0 Å². The van der Waals surface area contributed by atoms with E-state index < -0.39 is 0 Å². The summed E-state index contributed by atoms with van der Waals surface area (Å²) in [6.45, 7) is 7.06. The monoisotopic (exact) mass is 1320 g/mol. The van der Waals surface area contributed by atoms with E-state index in [-0.39, 0.29) is 30.8 Å². The minimum absolute atomic E-state index is 0.00587. The van der Waals surface area contributed by atoms with Gasteiger partial charge in [0.25, 0.3) is 0 Å². The molecule has 27 heteroatoms. The van der Waals surface area contributed by atoms with Crippen molar-refractivity contribution in [3.63, 3.8) is 0 Å². The van der Waals surface area contributed by atoms with Gasteiger partial charge in [-0.05, 0) is 98.5 Å². The number of thiazole rings is 4. The number of hydrogen-bond acceptors (Lipinski definition) is 26. The maximum atomic E-state index is 9.23. The Bertz CT molecular complexity index is 4180. The number of aliphatic imine (C=N–C) groups is 4. The Morgan fingerprint density at radius 3 is 1.23 bits per heavy atom. The van der Waals surface area contributed by atoms with E-state index in [0.29, 0.717) is 38.2 Å². The molecule has 0 amide bonds. The molecule has 94 heavy (non-hydrogen) atoms. The molecule has 476 valence electrons. The summed E-state index contributed by atoms with van der Waals surface area (Å²) in [7, 11) is 0. The minimum Gasteiger partial charge on any atom is -0.395 e. The van der Waals surface area contributed by atoms with Gasteiger partial charge in [-0.2, -0.15) is 21.0 Å². The van der Waals surface area contributed by atoms with Crippen LogP contribution in [0.15, 0.2) is 185 Å². The van der Waals surface area contributed by atoms with Gasteiger partial charge in [-0.1, -0.05) is 101 Å². The van der Waals surface area contributed by atoms with Gasteiger partial charge in [0.15, 0.2) is 20.5 Å². The Hall–Kier alpha value is -10.4. The van der Waals surface area contributed by atoms with E-state index in [9.17, 15) is 10.5 Å². The van der Waals surface area contributed by atoms with Gasteiger partial charge in [-0.25, -0.2) is 44.9 Å². The van der Waals surface area contributed by atoms with Crippen molar-refractivity contribution in [3.05, 3.63) is 165 Å². The average Bonchev–Trinajstić information content (AvgIpc) is 2.11. The Morgan fingerprint density at radius 1 is 0.489 bits per heavy atom. The molecule has 1 saturated heterocycles. The van der Waals surface area contributed by atoms with Crippen LogP contribution in [0.25, 0.3) is 40.9 Å². The van der Waals surface area contributed by atoms with Crippen LogP contribution in [0.2, 0.25) is 0 Å². The number of rotatable bonds is 16. The standard InChI is InChI=1S/C19H19N7S.C17H17N5S.C16H17N5S.C15H15N5OS/c20-8-6-15-7-10-23-18(22-9-3-12-25-13-11-21-14-25)26(15)19-24-16-4-1-2-5-17(16)27-19;18-9-7-13-8-10-19-16(21-11-3-4-12-21)22(13)17-20-14-5-1-2-6-15(14)23-17;1-2-10-18-15-19-11-8-12(7-9-17)21(15)16-20-13-5-3-4-6-14(13)22-16;16-7-5-11-6-8-17-14(18-9-10-21)20(11)15-19-12-3-1-2-4-13(12)22-15/h1-2,4-5,7,10-11,13-15H,3,6,9,12H2,(H,22,23);1-2,5-6,8,10,13H,3-4,7,11-12H2;3-6,8,11-12H,2,7,10H2,1H3,(H,18,19);1-4,6,8,11,21H,5,9-10H2,(H,17,18). The Labute approximate surface area is 560 Å². The molecule has 5 aliphatic rings. The average molecular weight is 1330 g/mol. The van der Waals surface area contributed by atoms with Gasteiger partial charge in [-0.3, -0.25) is 19.6 Å². The molecule has 4 atom stereocenters. The highest BCUT2D eigenvalue weighted by molar-refractivity contribution is 7.23. The van der Waals surface area contributed by atoms with E-state index in [1.807, 2.05) is 141 Å². The topological polar surface area (TPSA) is 286 Å². The van der Waals surface area contributed by atoms with Gasteiger partial charge in [0.05, 0.1) is 128 Å². The van der Waals surface area contributed by atoms with Gasteiger partial charge in [0.1, 0.15) is 0 Å². The largest absolute Gasteiger partial charge is 0.395 e. The first-order chi connectivity index (χ1) is 46.4. The highest BCUT2D eigenvalue weighted by Crippen LogP contribution is 2.36. The predicted molar refractivity (Wildman–Crippen MR) is 380 cm³/mol. The summed E-state index contributed by atoms with van der Waals surface area (Å²) >= 11 is 6.45. The van der Waals surface area contributed by atoms with Gasteiger partial charge in [-0.15, -0.1) is 0 Å². The molecule has 0 saturated carbocycles. The molecule has 5 aromatic heterocycles. The van der Waals surface area contributed by atoms with Crippen LogP contribution in [-0.2, 0) is 6.54 Å². The summed E-state index contributed by atoms with van der Waals surface area (Å²) < 4.78 is 6.56. The lowest BCUT2D eigenvalue weighted by Gasteiger charge is -2.35. The number of nitrogens with one attached hydrogen (secondary N) is 3. The first-order valence-corrected chi connectivity index (χ1v) is 34.2. The molecular weight excluding hydrogens is 1260 g/mol. The maximum Gasteiger partial charge on any atom is 0.208 e. The molecule has 0 bridgehead atoms. The fourth-order valence-electron chi connectivity index (χ4n) is 10.7. The maximum absolute atomic E-state index is 9.23. The zero-order chi connectivity index (χ0) is 64.9. The highest BCUT2D eigenvalue weighted by Gasteiger charge is 2.33. The van der Waals surface area contributed by atoms with Crippen LogP contribution in [0, 0.1) is 45.3 Å². The molecule has 1 fully saturated rings. The number of imidazole rings is 1. The fraction of sp³-hybridized carbons (Fsp3) is 0.299. The van der Waals surface area contributed by atoms with Gasteiger partial charge in [0.2, 0.25) is 23.8 Å². The first-order valence-electron chi connectivity index (χ1n) is 31.0. The number of fused-ring (bicyclic) bond motifs is 4. The number of guanidine groups is 4. The van der Waals surface area contributed by atoms with Crippen LogP contribution in [0.4, 0.5) is 20.5 Å². The molecule has 0 radical (unpaired) electrons. The molecule has 14 rings (SSSR count). The second-order valence-corrected chi connectivity index (χ2v) is 25.6. The zero-order valence-electron chi connectivity index (χ0n) is 51.6. The lowest BCUT2D eigenvalue weighted by Crippen LogP contribution is -2.49. The predicted octanol–water partition coefficient (Wildman–Crippen LogP) is 11.6. The summed E-state index contributed by atoms with van der Waals surface area (Å²) in [5.41, 5.74) is 3.86.